The van der Waals surface area contributed by atoms with Crippen molar-refractivity contribution < 1.29 is 23.7 Å². The molecule has 0 fully saturated rings. The van der Waals surface area contributed by atoms with Crippen molar-refractivity contribution in [3.63, 3.8) is 0 Å². The summed E-state index contributed by atoms with van der Waals surface area (Å²) in [5.41, 5.74) is 2.47. The van der Waals surface area contributed by atoms with Gasteiger partial charge in [0.2, 0.25) is 0 Å². The molecule has 2 aromatic rings. The van der Waals surface area contributed by atoms with E-state index in [0.29, 0.717) is 30.3 Å². The number of methoxy groups -OCH3 is 3. The lowest BCUT2D eigenvalue weighted by Crippen LogP contribution is -2.06. The molecule has 26 heavy (non-hydrogen) atoms. The number of carbonyl (C=O) groups excluding carboxylic acids is 1. The Labute approximate surface area is 154 Å². The van der Waals surface area contributed by atoms with Crippen molar-refractivity contribution >= 4 is 11.9 Å². The number of ether oxygens (including phenoxy) is 4. The minimum atomic E-state index is -0.129. The minimum Gasteiger partial charge on any atom is -0.496 e. The number of rotatable bonds is 9. The number of benzene rings is 2. The topological polar surface area (TPSA) is 54.0 Å². The van der Waals surface area contributed by atoms with Crippen LogP contribution in [0.5, 0.6) is 17.2 Å². The van der Waals surface area contributed by atoms with E-state index < -0.39 is 0 Å². The Morgan fingerprint density at radius 3 is 2.35 bits per heavy atom. The molecule has 0 aliphatic rings. The second kappa shape index (κ2) is 9.63. The Morgan fingerprint density at radius 2 is 1.65 bits per heavy atom. The molecule has 0 saturated carbocycles. The first-order valence-corrected chi connectivity index (χ1v) is 8.26. The van der Waals surface area contributed by atoms with Crippen LogP contribution in [0.15, 0.2) is 42.5 Å². The Hall–Kier alpha value is -2.79. The van der Waals surface area contributed by atoms with Crippen LogP contribution in [-0.2, 0) is 4.74 Å². The van der Waals surface area contributed by atoms with Crippen LogP contribution in [0.2, 0.25) is 0 Å². The monoisotopic (exact) mass is 356 g/mol. The van der Waals surface area contributed by atoms with E-state index in [1.54, 1.807) is 45.6 Å². The third-order valence-electron chi connectivity index (χ3n) is 3.79. The summed E-state index contributed by atoms with van der Waals surface area (Å²) in [6.45, 7) is 2.88. The number of hydrogen-bond donors (Lipinski definition) is 0. The lowest BCUT2D eigenvalue weighted by Gasteiger charge is -2.11. The zero-order valence-electron chi connectivity index (χ0n) is 15.6. The van der Waals surface area contributed by atoms with E-state index in [4.69, 9.17) is 18.9 Å². The van der Waals surface area contributed by atoms with Gasteiger partial charge in [-0.3, -0.25) is 4.79 Å². The van der Waals surface area contributed by atoms with E-state index >= 15 is 0 Å². The lowest BCUT2D eigenvalue weighted by atomic mass is 10.1. The Kier molecular flexibility index (Phi) is 7.24. The molecule has 0 unspecified atom stereocenters. The highest BCUT2D eigenvalue weighted by Gasteiger charge is 2.10. The van der Waals surface area contributed by atoms with Crippen molar-refractivity contribution in [2.75, 3.05) is 34.5 Å². The second-order valence-electron chi connectivity index (χ2n) is 5.65. The summed E-state index contributed by atoms with van der Waals surface area (Å²) in [5.74, 6) is 1.67. The van der Waals surface area contributed by atoms with Gasteiger partial charge in [-0.1, -0.05) is 11.6 Å². The van der Waals surface area contributed by atoms with Gasteiger partial charge in [-0.25, -0.2) is 0 Å². The lowest BCUT2D eigenvalue weighted by molar-refractivity contribution is 0.104. The molecule has 0 N–H and O–H groups in total. The number of carbonyl (C=O) groups is 1. The molecule has 0 aromatic heterocycles. The highest BCUT2D eigenvalue weighted by Crippen LogP contribution is 2.28. The molecule has 0 bridgehead atoms. The summed E-state index contributed by atoms with van der Waals surface area (Å²) in [6.07, 6.45) is 3.28. The van der Waals surface area contributed by atoms with Crippen molar-refractivity contribution in [2.24, 2.45) is 0 Å². The molecule has 0 heterocycles. The van der Waals surface area contributed by atoms with Gasteiger partial charge in [0, 0.05) is 18.2 Å². The molecule has 0 radical (unpaired) electrons. The zero-order valence-corrected chi connectivity index (χ0v) is 15.6. The van der Waals surface area contributed by atoms with E-state index in [0.717, 1.165) is 16.9 Å². The molecule has 0 amide bonds. The van der Waals surface area contributed by atoms with E-state index in [1.165, 1.54) is 6.08 Å². The van der Waals surface area contributed by atoms with Crippen LogP contribution in [-0.4, -0.2) is 40.3 Å². The Balaban J connectivity index is 2.18. The highest BCUT2D eigenvalue weighted by atomic mass is 16.5. The molecule has 5 heteroatoms. The maximum atomic E-state index is 12.5. The highest BCUT2D eigenvalue weighted by molar-refractivity contribution is 6.07. The molecule has 0 spiro atoms. The first kappa shape index (κ1) is 19.5. The molecular formula is C21H24O5. The van der Waals surface area contributed by atoms with Crippen LogP contribution in [0.25, 0.3) is 6.08 Å². The van der Waals surface area contributed by atoms with Crippen molar-refractivity contribution in [3.8, 4) is 17.2 Å². The van der Waals surface area contributed by atoms with Gasteiger partial charge in [0.25, 0.3) is 0 Å². The smallest absolute Gasteiger partial charge is 0.185 e. The third kappa shape index (κ3) is 5.10. The summed E-state index contributed by atoms with van der Waals surface area (Å²) >= 11 is 0. The summed E-state index contributed by atoms with van der Waals surface area (Å²) in [5, 5.41) is 0. The SMILES string of the molecule is COCCOc1ccc(C(=O)/C=C/c2cc(C)ccc2OC)cc1OC. The van der Waals surface area contributed by atoms with Gasteiger partial charge >= 0.3 is 0 Å². The van der Waals surface area contributed by atoms with E-state index in [-0.39, 0.29) is 5.78 Å². The van der Waals surface area contributed by atoms with Gasteiger partial charge < -0.3 is 18.9 Å². The number of allylic oxidation sites excluding steroid dienone is 1. The van der Waals surface area contributed by atoms with Crippen molar-refractivity contribution in [2.45, 2.75) is 6.92 Å². The maximum Gasteiger partial charge on any atom is 0.185 e. The standard InChI is InChI=1S/C21H24O5/c1-15-5-9-19(24-3)17(13-15)6-8-18(22)16-7-10-20(21(14-16)25-4)26-12-11-23-2/h5-10,13-14H,11-12H2,1-4H3/b8-6+. The molecule has 138 valence electrons. The average molecular weight is 356 g/mol. The predicted octanol–water partition coefficient (Wildman–Crippen LogP) is 3.93. The summed E-state index contributed by atoms with van der Waals surface area (Å²) < 4.78 is 21.2. The van der Waals surface area contributed by atoms with Crippen molar-refractivity contribution in [3.05, 3.63) is 59.2 Å². The van der Waals surface area contributed by atoms with Crippen LogP contribution in [0.4, 0.5) is 0 Å². The molecule has 0 saturated heterocycles. The molecule has 2 aromatic carbocycles. The minimum absolute atomic E-state index is 0.129. The second-order valence-corrected chi connectivity index (χ2v) is 5.65. The van der Waals surface area contributed by atoms with Gasteiger partial charge in [0.1, 0.15) is 12.4 Å². The van der Waals surface area contributed by atoms with E-state index in [1.807, 2.05) is 25.1 Å². The predicted molar refractivity (Wildman–Crippen MR) is 101 cm³/mol. The van der Waals surface area contributed by atoms with Gasteiger partial charge in [0.15, 0.2) is 17.3 Å². The van der Waals surface area contributed by atoms with Crippen LogP contribution < -0.4 is 14.2 Å². The molecular weight excluding hydrogens is 332 g/mol. The summed E-state index contributed by atoms with van der Waals surface area (Å²) in [4.78, 5) is 12.5. The molecule has 0 aliphatic heterocycles. The van der Waals surface area contributed by atoms with Crippen LogP contribution >= 0.6 is 0 Å². The molecule has 2 rings (SSSR count). The average Bonchev–Trinajstić information content (AvgIpc) is 2.66. The van der Waals surface area contributed by atoms with Crippen molar-refractivity contribution in [1.29, 1.82) is 0 Å². The fourth-order valence-corrected chi connectivity index (χ4v) is 2.42. The quantitative estimate of drug-likeness (QED) is 0.387. The van der Waals surface area contributed by atoms with Crippen LogP contribution in [0.3, 0.4) is 0 Å². The van der Waals surface area contributed by atoms with Crippen LogP contribution in [0.1, 0.15) is 21.5 Å². The van der Waals surface area contributed by atoms with Crippen LogP contribution in [0, 0.1) is 6.92 Å². The van der Waals surface area contributed by atoms with Gasteiger partial charge in [-0.2, -0.15) is 0 Å². The molecule has 0 atom stereocenters. The first-order valence-electron chi connectivity index (χ1n) is 8.26. The normalized spacial score (nSPS) is 10.8. The third-order valence-corrected chi connectivity index (χ3v) is 3.79. The number of ketones is 1. The first-order chi connectivity index (χ1) is 12.6. The maximum absolute atomic E-state index is 12.5. The van der Waals surface area contributed by atoms with E-state index in [9.17, 15) is 4.79 Å². The van der Waals surface area contributed by atoms with Gasteiger partial charge in [0.05, 0.1) is 20.8 Å². The molecule has 0 aliphatic carbocycles. The zero-order chi connectivity index (χ0) is 18.9. The Morgan fingerprint density at radius 1 is 0.923 bits per heavy atom. The number of hydrogen-bond acceptors (Lipinski definition) is 5. The summed E-state index contributed by atoms with van der Waals surface area (Å²) in [7, 11) is 4.76. The van der Waals surface area contributed by atoms with Gasteiger partial charge in [-0.05, 0) is 49.4 Å². The Bertz CT molecular complexity index is 780. The van der Waals surface area contributed by atoms with Gasteiger partial charge in [-0.15, -0.1) is 0 Å². The fourth-order valence-electron chi connectivity index (χ4n) is 2.42. The largest absolute Gasteiger partial charge is 0.496 e. The molecule has 5 nitrogen and oxygen atoms in total. The van der Waals surface area contributed by atoms with Crippen molar-refractivity contribution in [1.82, 2.24) is 0 Å². The fraction of sp³-hybridized carbons (Fsp3) is 0.286. The number of aryl methyl sites for hydroxylation is 1. The van der Waals surface area contributed by atoms with E-state index in [2.05, 4.69) is 0 Å². The summed E-state index contributed by atoms with van der Waals surface area (Å²) in [6, 6.07) is 10.9.